The van der Waals surface area contributed by atoms with Crippen LogP contribution in [0.1, 0.15) is 188 Å². The molecule has 0 saturated carbocycles. The lowest BCUT2D eigenvalue weighted by molar-refractivity contribution is -0.158. The normalized spacial score (nSPS) is 12.0. The van der Waals surface area contributed by atoms with Crippen LogP contribution >= 0.6 is 0 Å². The minimum Gasteiger partial charge on any atom is -0.462 e. The van der Waals surface area contributed by atoms with E-state index >= 15 is 0 Å². The Labute approximate surface area is 231 Å². The second-order valence-electron chi connectivity index (χ2n) is 11.3. The number of unbranched alkanes of at least 4 members (excludes halogenated alkanes) is 22. The molecule has 0 heterocycles. The van der Waals surface area contributed by atoms with Crippen LogP contribution in [0.2, 0.25) is 0 Å². The number of hydrogen-bond donors (Lipinski definition) is 0. The average molecular weight is 525 g/mol. The lowest BCUT2D eigenvalue weighted by Crippen LogP contribution is -2.22. The van der Waals surface area contributed by atoms with Crippen molar-refractivity contribution in [2.45, 2.75) is 194 Å². The highest BCUT2D eigenvalue weighted by Gasteiger charge is 2.12. The van der Waals surface area contributed by atoms with Gasteiger partial charge in [-0.3, -0.25) is 9.59 Å². The van der Waals surface area contributed by atoms with Gasteiger partial charge in [-0.2, -0.15) is 0 Å². The van der Waals surface area contributed by atoms with Crippen LogP contribution in [0.25, 0.3) is 0 Å². The predicted octanol–water partition coefficient (Wildman–Crippen LogP) is 10.6. The molecule has 0 N–H and O–H groups in total. The minimum absolute atomic E-state index is 0.168. The molecule has 0 rings (SSSR count). The summed E-state index contributed by atoms with van der Waals surface area (Å²) in [6.07, 6.45) is 31.4. The minimum atomic E-state index is -0.365. The smallest absolute Gasteiger partial charge is 0.306 e. The summed E-state index contributed by atoms with van der Waals surface area (Å²) in [5.41, 5.74) is 0. The van der Waals surface area contributed by atoms with Gasteiger partial charge in [0, 0.05) is 12.8 Å². The molecule has 0 aromatic heterocycles. The van der Waals surface area contributed by atoms with Gasteiger partial charge < -0.3 is 9.47 Å². The van der Waals surface area contributed by atoms with Crippen LogP contribution in [0.5, 0.6) is 0 Å². The molecule has 4 nitrogen and oxygen atoms in total. The van der Waals surface area contributed by atoms with Crippen molar-refractivity contribution in [2.75, 3.05) is 6.61 Å². The SMILES string of the molecule is CCCCCCCCCCCCCCCCCC(=O)O[C@@H](C)COC(=O)CCCCCCCCCCC. The van der Waals surface area contributed by atoms with E-state index in [2.05, 4.69) is 13.8 Å². The Kier molecular flexibility index (Phi) is 28.7. The van der Waals surface area contributed by atoms with Gasteiger partial charge in [-0.15, -0.1) is 0 Å². The van der Waals surface area contributed by atoms with Crippen molar-refractivity contribution in [3.63, 3.8) is 0 Å². The summed E-state index contributed by atoms with van der Waals surface area (Å²) in [7, 11) is 0. The summed E-state index contributed by atoms with van der Waals surface area (Å²) < 4.78 is 10.7. The van der Waals surface area contributed by atoms with Crippen LogP contribution < -0.4 is 0 Å². The second-order valence-corrected chi connectivity index (χ2v) is 11.3. The lowest BCUT2D eigenvalue weighted by atomic mass is 10.0. The number of carbonyl (C=O) groups is 2. The molecular formula is C33H64O4. The molecule has 0 aromatic rings. The van der Waals surface area contributed by atoms with Crippen LogP contribution in [-0.4, -0.2) is 24.6 Å². The standard InChI is InChI=1S/C33H64O4/c1-4-6-8-10-12-14-15-16-17-18-19-21-23-25-27-29-33(35)37-31(3)30-36-32(34)28-26-24-22-20-13-11-9-7-5-2/h31H,4-30H2,1-3H3/t31-/m0/s1. The van der Waals surface area contributed by atoms with Gasteiger partial charge in [-0.1, -0.05) is 155 Å². The highest BCUT2D eigenvalue weighted by Crippen LogP contribution is 2.14. The molecular weight excluding hydrogens is 460 g/mol. The maximum atomic E-state index is 12.0. The van der Waals surface area contributed by atoms with Crippen LogP contribution in [0.15, 0.2) is 0 Å². The molecule has 220 valence electrons. The molecule has 0 unspecified atom stereocenters. The fourth-order valence-corrected chi connectivity index (χ4v) is 4.82. The summed E-state index contributed by atoms with van der Waals surface area (Å²) >= 11 is 0. The number of rotatable bonds is 29. The zero-order chi connectivity index (χ0) is 27.2. The molecule has 37 heavy (non-hydrogen) atoms. The molecule has 0 radical (unpaired) electrons. The monoisotopic (exact) mass is 524 g/mol. The maximum absolute atomic E-state index is 12.0. The predicted molar refractivity (Wildman–Crippen MR) is 158 cm³/mol. The Balaban J connectivity index is 3.40. The number of hydrogen-bond acceptors (Lipinski definition) is 4. The molecule has 0 bridgehead atoms. The van der Waals surface area contributed by atoms with Crippen molar-refractivity contribution >= 4 is 11.9 Å². The molecule has 0 aliphatic carbocycles. The second kappa shape index (κ2) is 29.5. The lowest BCUT2D eigenvalue weighted by Gasteiger charge is -2.13. The summed E-state index contributed by atoms with van der Waals surface area (Å²) in [6.45, 7) is 6.49. The number of carbonyl (C=O) groups excluding carboxylic acids is 2. The quantitative estimate of drug-likeness (QED) is 0.0721. The highest BCUT2D eigenvalue weighted by molar-refractivity contribution is 5.70. The van der Waals surface area contributed by atoms with E-state index < -0.39 is 0 Å². The topological polar surface area (TPSA) is 52.6 Å². The Bertz CT molecular complexity index is 491. The summed E-state index contributed by atoms with van der Waals surface area (Å²) in [5, 5.41) is 0. The molecule has 0 aliphatic heterocycles. The average Bonchev–Trinajstić information content (AvgIpc) is 2.88. The van der Waals surface area contributed by atoms with Gasteiger partial charge in [0.25, 0.3) is 0 Å². The molecule has 0 fully saturated rings. The molecule has 0 aromatic carbocycles. The van der Waals surface area contributed by atoms with Crippen LogP contribution in [0.4, 0.5) is 0 Å². The van der Waals surface area contributed by atoms with Crippen LogP contribution in [-0.2, 0) is 19.1 Å². The van der Waals surface area contributed by atoms with Crippen molar-refractivity contribution in [3.8, 4) is 0 Å². The van der Waals surface area contributed by atoms with E-state index in [1.165, 1.54) is 128 Å². The van der Waals surface area contributed by atoms with Crippen molar-refractivity contribution in [2.24, 2.45) is 0 Å². The number of esters is 2. The first-order chi connectivity index (χ1) is 18.1. The Morgan fingerprint density at radius 3 is 1.11 bits per heavy atom. The number of ether oxygens (including phenoxy) is 2. The molecule has 0 saturated heterocycles. The summed E-state index contributed by atoms with van der Waals surface area (Å²) in [6, 6.07) is 0. The van der Waals surface area contributed by atoms with E-state index in [0.717, 1.165) is 25.7 Å². The maximum Gasteiger partial charge on any atom is 0.306 e. The van der Waals surface area contributed by atoms with Gasteiger partial charge in [0.05, 0.1) is 0 Å². The summed E-state index contributed by atoms with van der Waals surface area (Å²) in [5.74, 6) is -0.342. The highest BCUT2D eigenvalue weighted by atomic mass is 16.6. The molecule has 0 aliphatic rings. The van der Waals surface area contributed by atoms with Gasteiger partial charge in [0.1, 0.15) is 12.7 Å². The Hall–Kier alpha value is -1.06. The Morgan fingerprint density at radius 2 is 0.757 bits per heavy atom. The van der Waals surface area contributed by atoms with E-state index in [1.54, 1.807) is 6.92 Å². The Morgan fingerprint density at radius 1 is 0.459 bits per heavy atom. The van der Waals surface area contributed by atoms with E-state index in [9.17, 15) is 9.59 Å². The molecule has 0 spiro atoms. The first kappa shape index (κ1) is 35.9. The van der Waals surface area contributed by atoms with Gasteiger partial charge in [-0.05, 0) is 19.8 Å². The van der Waals surface area contributed by atoms with Crippen LogP contribution in [0.3, 0.4) is 0 Å². The van der Waals surface area contributed by atoms with Gasteiger partial charge in [-0.25, -0.2) is 0 Å². The largest absolute Gasteiger partial charge is 0.462 e. The van der Waals surface area contributed by atoms with Crippen molar-refractivity contribution in [1.29, 1.82) is 0 Å². The van der Waals surface area contributed by atoms with E-state index in [4.69, 9.17) is 9.47 Å². The first-order valence-electron chi connectivity index (χ1n) is 16.4. The fraction of sp³-hybridized carbons (Fsp3) is 0.939. The van der Waals surface area contributed by atoms with Gasteiger partial charge >= 0.3 is 11.9 Å². The van der Waals surface area contributed by atoms with Gasteiger partial charge in [0.15, 0.2) is 0 Å². The first-order valence-corrected chi connectivity index (χ1v) is 16.4. The molecule has 1 atom stereocenters. The van der Waals surface area contributed by atoms with E-state index in [0.29, 0.717) is 12.8 Å². The fourth-order valence-electron chi connectivity index (χ4n) is 4.82. The zero-order valence-electron chi connectivity index (χ0n) is 25.3. The van der Waals surface area contributed by atoms with Gasteiger partial charge in [0.2, 0.25) is 0 Å². The summed E-state index contributed by atoms with van der Waals surface area (Å²) in [4.78, 5) is 23.9. The van der Waals surface area contributed by atoms with E-state index in [-0.39, 0.29) is 24.6 Å². The van der Waals surface area contributed by atoms with Crippen LogP contribution in [0, 0.1) is 0 Å². The van der Waals surface area contributed by atoms with E-state index in [1.807, 2.05) is 0 Å². The van der Waals surface area contributed by atoms with Crippen molar-refractivity contribution in [3.05, 3.63) is 0 Å². The zero-order valence-corrected chi connectivity index (χ0v) is 25.3. The molecule has 4 heteroatoms. The third-order valence-electron chi connectivity index (χ3n) is 7.28. The molecule has 0 amide bonds. The third-order valence-corrected chi connectivity index (χ3v) is 7.28. The van der Waals surface area contributed by atoms with Crippen molar-refractivity contribution in [1.82, 2.24) is 0 Å². The van der Waals surface area contributed by atoms with Crippen molar-refractivity contribution < 1.29 is 19.1 Å². The third kappa shape index (κ3) is 29.4.